The Kier molecular flexibility index (Phi) is 6.28. The van der Waals surface area contributed by atoms with Gasteiger partial charge >= 0.3 is 5.69 Å². The van der Waals surface area contributed by atoms with Gasteiger partial charge in [0, 0.05) is 38.4 Å². The van der Waals surface area contributed by atoms with Crippen molar-refractivity contribution in [2.24, 2.45) is 7.05 Å². The van der Waals surface area contributed by atoms with Gasteiger partial charge < -0.3 is 15.2 Å². The molecule has 3 aromatic rings. The SMILES string of the molecule is CC(C)N(C)c1ccc(CNC(=O)c2ccc3c(c2)[nH]c(=O)n3C)cn1.Cl. The van der Waals surface area contributed by atoms with Crippen LogP contribution in [0.1, 0.15) is 29.8 Å². The molecule has 0 atom stereocenters. The Bertz CT molecular complexity index is 991. The summed E-state index contributed by atoms with van der Waals surface area (Å²) in [5.74, 6) is 0.702. The molecule has 2 aromatic heterocycles. The number of imidazole rings is 1. The van der Waals surface area contributed by atoms with Gasteiger partial charge in [-0.1, -0.05) is 6.07 Å². The van der Waals surface area contributed by atoms with Crippen molar-refractivity contribution in [3.8, 4) is 0 Å². The van der Waals surface area contributed by atoms with Crippen LogP contribution in [0.25, 0.3) is 11.0 Å². The van der Waals surface area contributed by atoms with Crippen LogP contribution in [0.5, 0.6) is 0 Å². The van der Waals surface area contributed by atoms with Crippen LogP contribution in [0.15, 0.2) is 41.3 Å². The fraction of sp³-hybridized carbons (Fsp3) is 0.316. The van der Waals surface area contributed by atoms with E-state index in [2.05, 4.69) is 34.0 Å². The molecule has 2 heterocycles. The standard InChI is InChI=1S/C19H23N5O2.ClH/c1-12(2)23(3)17-8-5-13(10-20-17)11-21-18(25)14-6-7-16-15(9-14)22-19(26)24(16)4;/h5-10,12H,11H2,1-4H3,(H,21,25)(H,22,26);1H. The molecule has 0 saturated heterocycles. The lowest BCUT2D eigenvalue weighted by Gasteiger charge is -2.22. The molecule has 0 radical (unpaired) electrons. The summed E-state index contributed by atoms with van der Waals surface area (Å²) in [5.41, 5.74) is 2.64. The van der Waals surface area contributed by atoms with E-state index in [-0.39, 0.29) is 24.0 Å². The van der Waals surface area contributed by atoms with Crippen LogP contribution in [0.3, 0.4) is 0 Å². The number of nitrogens with one attached hydrogen (secondary N) is 2. The summed E-state index contributed by atoms with van der Waals surface area (Å²) < 4.78 is 1.51. The lowest BCUT2D eigenvalue weighted by molar-refractivity contribution is 0.0951. The fourth-order valence-corrected chi connectivity index (χ4v) is 2.66. The van der Waals surface area contributed by atoms with Gasteiger partial charge in [0.2, 0.25) is 0 Å². The van der Waals surface area contributed by atoms with Crippen molar-refractivity contribution >= 4 is 35.2 Å². The highest BCUT2D eigenvalue weighted by molar-refractivity contribution is 5.97. The number of aryl methyl sites for hydroxylation is 1. The Labute approximate surface area is 163 Å². The predicted molar refractivity (Wildman–Crippen MR) is 110 cm³/mol. The Morgan fingerprint density at radius 2 is 2.04 bits per heavy atom. The van der Waals surface area contributed by atoms with Gasteiger partial charge in [-0.25, -0.2) is 9.78 Å². The van der Waals surface area contributed by atoms with Crippen molar-refractivity contribution in [2.75, 3.05) is 11.9 Å². The second-order valence-corrected chi connectivity index (χ2v) is 6.63. The number of H-pyrrole nitrogens is 1. The molecule has 0 fully saturated rings. The molecule has 27 heavy (non-hydrogen) atoms. The number of anilines is 1. The number of benzene rings is 1. The molecule has 1 amide bonds. The first-order valence-corrected chi connectivity index (χ1v) is 8.51. The zero-order valence-corrected chi connectivity index (χ0v) is 16.6. The number of fused-ring (bicyclic) bond motifs is 1. The molecule has 1 aromatic carbocycles. The molecule has 0 unspecified atom stereocenters. The molecule has 3 rings (SSSR count). The van der Waals surface area contributed by atoms with Crippen molar-refractivity contribution in [1.82, 2.24) is 19.9 Å². The Balaban J connectivity index is 0.00000261. The van der Waals surface area contributed by atoms with Crippen molar-refractivity contribution < 1.29 is 4.79 Å². The molecule has 0 spiro atoms. The van der Waals surface area contributed by atoms with E-state index in [0.717, 1.165) is 16.9 Å². The predicted octanol–water partition coefficient (Wildman–Crippen LogP) is 2.46. The monoisotopic (exact) mass is 389 g/mol. The molecule has 8 heteroatoms. The number of hydrogen-bond acceptors (Lipinski definition) is 4. The smallest absolute Gasteiger partial charge is 0.326 e. The van der Waals surface area contributed by atoms with Crippen molar-refractivity contribution in [2.45, 2.75) is 26.4 Å². The minimum atomic E-state index is -0.199. The number of halogens is 1. The zero-order valence-electron chi connectivity index (χ0n) is 15.8. The highest BCUT2D eigenvalue weighted by Crippen LogP contribution is 2.14. The summed E-state index contributed by atoms with van der Waals surface area (Å²) in [7, 11) is 3.69. The topological polar surface area (TPSA) is 83.0 Å². The summed E-state index contributed by atoms with van der Waals surface area (Å²) >= 11 is 0. The van der Waals surface area contributed by atoms with Gasteiger partial charge in [-0.05, 0) is 43.7 Å². The number of aromatic amines is 1. The van der Waals surface area contributed by atoms with E-state index >= 15 is 0 Å². The van der Waals surface area contributed by atoms with Crippen molar-refractivity contribution in [1.29, 1.82) is 0 Å². The maximum Gasteiger partial charge on any atom is 0.326 e. The number of carbonyl (C=O) groups is 1. The maximum atomic E-state index is 12.4. The first kappa shape index (κ1) is 20.5. The first-order valence-electron chi connectivity index (χ1n) is 8.51. The zero-order chi connectivity index (χ0) is 18.8. The van der Waals surface area contributed by atoms with Gasteiger partial charge in [0.1, 0.15) is 5.82 Å². The Morgan fingerprint density at radius 3 is 2.67 bits per heavy atom. The average Bonchev–Trinajstić information content (AvgIpc) is 2.93. The lowest BCUT2D eigenvalue weighted by atomic mass is 10.2. The van der Waals surface area contributed by atoms with Gasteiger partial charge in [0.25, 0.3) is 5.91 Å². The van der Waals surface area contributed by atoms with E-state index in [1.165, 1.54) is 4.57 Å². The van der Waals surface area contributed by atoms with E-state index in [1.54, 1.807) is 31.4 Å². The molecule has 0 aliphatic carbocycles. The van der Waals surface area contributed by atoms with E-state index < -0.39 is 0 Å². The molecular weight excluding hydrogens is 366 g/mol. The van der Waals surface area contributed by atoms with Gasteiger partial charge in [-0.15, -0.1) is 12.4 Å². The summed E-state index contributed by atoms with van der Waals surface area (Å²) in [4.78, 5) is 33.3. The van der Waals surface area contributed by atoms with Crippen LogP contribution in [0.4, 0.5) is 5.82 Å². The molecule has 2 N–H and O–H groups in total. The van der Waals surface area contributed by atoms with Crippen LogP contribution in [-0.2, 0) is 13.6 Å². The quantitative estimate of drug-likeness (QED) is 0.702. The normalized spacial score (nSPS) is 10.7. The third-order valence-corrected chi connectivity index (χ3v) is 4.56. The van der Waals surface area contributed by atoms with Gasteiger partial charge in [-0.3, -0.25) is 9.36 Å². The third kappa shape index (κ3) is 4.31. The van der Waals surface area contributed by atoms with E-state index in [4.69, 9.17) is 0 Å². The molecule has 0 bridgehead atoms. The van der Waals surface area contributed by atoms with Crippen LogP contribution < -0.4 is 15.9 Å². The molecule has 0 saturated carbocycles. The second-order valence-electron chi connectivity index (χ2n) is 6.63. The van der Waals surface area contributed by atoms with E-state index in [0.29, 0.717) is 23.7 Å². The minimum Gasteiger partial charge on any atom is -0.357 e. The lowest BCUT2D eigenvalue weighted by Crippen LogP contribution is -2.26. The first-order chi connectivity index (χ1) is 12.4. The van der Waals surface area contributed by atoms with E-state index in [9.17, 15) is 9.59 Å². The number of amides is 1. The number of hydrogen-bond donors (Lipinski definition) is 2. The number of aromatic nitrogens is 3. The van der Waals surface area contributed by atoms with Crippen molar-refractivity contribution in [3.63, 3.8) is 0 Å². The van der Waals surface area contributed by atoms with Crippen LogP contribution in [0, 0.1) is 0 Å². The van der Waals surface area contributed by atoms with Crippen LogP contribution in [0.2, 0.25) is 0 Å². The average molecular weight is 390 g/mol. The summed E-state index contributed by atoms with van der Waals surface area (Å²) in [6, 6.07) is 9.43. The van der Waals surface area contributed by atoms with Gasteiger partial charge in [0.05, 0.1) is 11.0 Å². The molecule has 0 aliphatic heterocycles. The largest absolute Gasteiger partial charge is 0.357 e. The Hall–Kier alpha value is -2.80. The summed E-state index contributed by atoms with van der Waals surface area (Å²) in [6.45, 7) is 4.60. The maximum absolute atomic E-state index is 12.4. The molecule has 144 valence electrons. The summed E-state index contributed by atoms with van der Waals surface area (Å²) in [6.07, 6.45) is 1.77. The summed E-state index contributed by atoms with van der Waals surface area (Å²) in [5, 5.41) is 2.88. The van der Waals surface area contributed by atoms with E-state index in [1.807, 2.05) is 19.2 Å². The Morgan fingerprint density at radius 1 is 1.30 bits per heavy atom. The second kappa shape index (κ2) is 8.26. The highest BCUT2D eigenvalue weighted by Gasteiger charge is 2.10. The highest BCUT2D eigenvalue weighted by atomic mass is 35.5. The van der Waals surface area contributed by atoms with Gasteiger partial charge in [0.15, 0.2) is 0 Å². The fourth-order valence-electron chi connectivity index (χ4n) is 2.66. The molecule has 7 nitrogen and oxygen atoms in total. The minimum absolute atomic E-state index is 0. The molecule has 0 aliphatic rings. The van der Waals surface area contributed by atoms with Crippen LogP contribution in [-0.4, -0.2) is 33.5 Å². The number of rotatable bonds is 5. The number of carbonyl (C=O) groups excluding carboxylic acids is 1. The van der Waals surface area contributed by atoms with Crippen LogP contribution >= 0.6 is 12.4 Å². The molecular formula is C19H24ClN5O2. The number of nitrogens with zero attached hydrogens (tertiary/aromatic N) is 3. The van der Waals surface area contributed by atoms with Gasteiger partial charge in [-0.2, -0.15) is 0 Å². The van der Waals surface area contributed by atoms with Crippen molar-refractivity contribution in [3.05, 3.63) is 58.1 Å². The third-order valence-electron chi connectivity index (χ3n) is 4.56. The number of pyridine rings is 1.